The molecule has 0 spiro atoms. The van der Waals surface area contributed by atoms with Gasteiger partial charge in [-0.15, -0.1) is 11.3 Å². The number of hydrogen-bond donors (Lipinski definition) is 1. The standard InChI is InChI=1S/C16H13Cl2N3OS/c17-12-8-11(9-13(18)10-12)16(22)19-4-6-21-5-3-14(20-21)15-2-1-7-23-15/h1-3,5,7-10H,4,6H2,(H,19,22). The predicted molar refractivity (Wildman–Crippen MR) is 94.3 cm³/mol. The Morgan fingerprint density at radius 1 is 1.22 bits per heavy atom. The molecule has 1 amide bonds. The lowest BCUT2D eigenvalue weighted by Gasteiger charge is -2.06. The number of nitrogens with zero attached hydrogens (tertiary/aromatic N) is 2. The highest BCUT2D eigenvalue weighted by atomic mass is 35.5. The zero-order chi connectivity index (χ0) is 16.2. The molecule has 0 fully saturated rings. The van der Waals surface area contributed by atoms with Crippen molar-refractivity contribution in [3.8, 4) is 10.6 Å². The van der Waals surface area contributed by atoms with E-state index in [0.717, 1.165) is 10.6 Å². The maximum Gasteiger partial charge on any atom is 0.251 e. The van der Waals surface area contributed by atoms with Gasteiger partial charge in [-0.25, -0.2) is 0 Å². The zero-order valence-electron chi connectivity index (χ0n) is 12.0. The van der Waals surface area contributed by atoms with E-state index in [2.05, 4.69) is 10.4 Å². The number of amides is 1. The molecule has 1 aromatic carbocycles. The first-order valence-corrected chi connectivity index (χ1v) is 8.57. The lowest BCUT2D eigenvalue weighted by molar-refractivity contribution is 0.0952. The van der Waals surface area contributed by atoms with Crippen LogP contribution in [0.15, 0.2) is 48.0 Å². The van der Waals surface area contributed by atoms with Crippen molar-refractivity contribution in [1.29, 1.82) is 0 Å². The van der Waals surface area contributed by atoms with Gasteiger partial charge in [0, 0.05) is 28.4 Å². The molecule has 2 heterocycles. The second-order valence-corrected chi connectivity index (χ2v) is 6.68. The molecule has 0 radical (unpaired) electrons. The molecule has 3 rings (SSSR count). The molecule has 23 heavy (non-hydrogen) atoms. The number of nitrogens with one attached hydrogen (secondary N) is 1. The van der Waals surface area contributed by atoms with E-state index < -0.39 is 0 Å². The Labute approximate surface area is 147 Å². The fourth-order valence-electron chi connectivity index (χ4n) is 2.11. The largest absolute Gasteiger partial charge is 0.350 e. The van der Waals surface area contributed by atoms with Crippen LogP contribution in [0, 0.1) is 0 Å². The van der Waals surface area contributed by atoms with Crippen molar-refractivity contribution in [3.05, 3.63) is 63.6 Å². The molecular formula is C16H13Cl2N3OS. The molecule has 0 unspecified atom stereocenters. The van der Waals surface area contributed by atoms with Gasteiger partial charge in [-0.1, -0.05) is 29.3 Å². The quantitative estimate of drug-likeness (QED) is 0.730. The molecule has 0 atom stereocenters. The van der Waals surface area contributed by atoms with Crippen molar-refractivity contribution in [1.82, 2.24) is 15.1 Å². The van der Waals surface area contributed by atoms with Gasteiger partial charge in [-0.2, -0.15) is 5.10 Å². The average molecular weight is 366 g/mol. The van der Waals surface area contributed by atoms with Crippen LogP contribution in [-0.4, -0.2) is 22.2 Å². The number of rotatable bonds is 5. The number of hydrogen-bond acceptors (Lipinski definition) is 3. The number of thiophene rings is 1. The Balaban J connectivity index is 1.56. The number of carbonyl (C=O) groups excluding carboxylic acids is 1. The van der Waals surface area contributed by atoms with Crippen molar-refractivity contribution in [3.63, 3.8) is 0 Å². The number of benzene rings is 1. The van der Waals surface area contributed by atoms with Gasteiger partial charge < -0.3 is 5.32 Å². The van der Waals surface area contributed by atoms with E-state index in [-0.39, 0.29) is 5.91 Å². The monoisotopic (exact) mass is 365 g/mol. The predicted octanol–water partition coefficient (Wildman–Crippen LogP) is 4.35. The van der Waals surface area contributed by atoms with Crippen LogP contribution in [0.1, 0.15) is 10.4 Å². The SMILES string of the molecule is O=C(NCCn1ccc(-c2cccs2)n1)c1cc(Cl)cc(Cl)c1. The van der Waals surface area contributed by atoms with Gasteiger partial charge in [-0.05, 0) is 35.7 Å². The van der Waals surface area contributed by atoms with E-state index in [9.17, 15) is 4.79 Å². The molecule has 7 heteroatoms. The maximum absolute atomic E-state index is 12.1. The number of halogens is 2. The highest BCUT2D eigenvalue weighted by molar-refractivity contribution is 7.13. The first-order chi connectivity index (χ1) is 11.1. The summed E-state index contributed by atoms with van der Waals surface area (Å²) >= 11 is 13.4. The van der Waals surface area contributed by atoms with Gasteiger partial charge in [0.2, 0.25) is 0 Å². The van der Waals surface area contributed by atoms with Crippen molar-refractivity contribution in [2.24, 2.45) is 0 Å². The van der Waals surface area contributed by atoms with Crippen molar-refractivity contribution in [2.45, 2.75) is 6.54 Å². The van der Waals surface area contributed by atoms with E-state index >= 15 is 0 Å². The zero-order valence-corrected chi connectivity index (χ0v) is 14.3. The molecule has 4 nitrogen and oxygen atoms in total. The minimum atomic E-state index is -0.208. The smallest absolute Gasteiger partial charge is 0.251 e. The third-order valence-corrected chi connectivity index (χ3v) is 4.49. The Kier molecular flexibility index (Phi) is 5.00. The summed E-state index contributed by atoms with van der Waals surface area (Å²) in [6.07, 6.45) is 1.90. The molecule has 0 aliphatic rings. The number of aromatic nitrogens is 2. The van der Waals surface area contributed by atoms with Gasteiger partial charge in [0.05, 0.1) is 11.4 Å². The van der Waals surface area contributed by atoms with E-state index in [1.807, 2.05) is 29.8 Å². The Morgan fingerprint density at radius 2 is 2.00 bits per heavy atom. The van der Waals surface area contributed by atoms with Crippen LogP contribution in [0.2, 0.25) is 10.0 Å². The van der Waals surface area contributed by atoms with Gasteiger partial charge in [0.15, 0.2) is 0 Å². The topological polar surface area (TPSA) is 46.9 Å². The lowest BCUT2D eigenvalue weighted by atomic mass is 10.2. The van der Waals surface area contributed by atoms with Crippen LogP contribution >= 0.6 is 34.5 Å². The van der Waals surface area contributed by atoms with Crippen LogP contribution in [-0.2, 0) is 6.54 Å². The highest BCUT2D eigenvalue weighted by Crippen LogP contribution is 2.22. The summed E-state index contributed by atoms with van der Waals surface area (Å²) in [7, 11) is 0. The Bertz CT molecular complexity index is 794. The van der Waals surface area contributed by atoms with Crippen molar-refractivity contribution in [2.75, 3.05) is 6.54 Å². The molecule has 0 saturated carbocycles. The summed E-state index contributed by atoms with van der Waals surface area (Å²) in [4.78, 5) is 13.2. The van der Waals surface area contributed by atoms with Crippen LogP contribution in [0.5, 0.6) is 0 Å². The van der Waals surface area contributed by atoms with Gasteiger partial charge in [0.1, 0.15) is 5.69 Å². The summed E-state index contributed by atoms with van der Waals surface area (Å²) in [6.45, 7) is 1.06. The summed E-state index contributed by atoms with van der Waals surface area (Å²) in [5, 5.41) is 10.2. The average Bonchev–Trinajstić information content (AvgIpc) is 3.17. The van der Waals surface area contributed by atoms with E-state index in [4.69, 9.17) is 23.2 Å². The highest BCUT2D eigenvalue weighted by Gasteiger charge is 2.08. The molecule has 0 aliphatic carbocycles. The molecule has 1 N–H and O–H groups in total. The van der Waals surface area contributed by atoms with Crippen LogP contribution in [0.25, 0.3) is 10.6 Å². The summed E-state index contributed by atoms with van der Waals surface area (Å²) < 4.78 is 1.81. The van der Waals surface area contributed by atoms with Gasteiger partial charge >= 0.3 is 0 Å². The third-order valence-electron chi connectivity index (χ3n) is 3.17. The van der Waals surface area contributed by atoms with Crippen molar-refractivity contribution < 1.29 is 4.79 Å². The fourth-order valence-corrected chi connectivity index (χ4v) is 3.33. The molecule has 0 aliphatic heterocycles. The Hall–Kier alpha value is -1.82. The fraction of sp³-hybridized carbons (Fsp3) is 0.125. The van der Waals surface area contributed by atoms with Crippen LogP contribution in [0.4, 0.5) is 0 Å². The lowest BCUT2D eigenvalue weighted by Crippen LogP contribution is -2.27. The minimum Gasteiger partial charge on any atom is -0.350 e. The number of carbonyl (C=O) groups is 1. The second-order valence-electron chi connectivity index (χ2n) is 4.86. The molecule has 118 valence electrons. The van der Waals surface area contributed by atoms with Crippen LogP contribution < -0.4 is 5.32 Å². The molecule has 0 bridgehead atoms. The van der Waals surface area contributed by atoms with E-state index in [1.165, 1.54) is 0 Å². The van der Waals surface area contributed by atoms with E-state index in [0.29, 0.717) is 28.7 Å². The maximum atomic E-state index is 12.1. The second kappa shape index (κ2) is 7.17. The normalized spacial score (nSPS) is 10.7. The third kappa shape index (κ3) is 4.13. The summed E-state index contributed by atoms with van der Waals surface area (Å²) in [6, 6.07) is 10.8. The first kappa shape index (κ1) is 16.1. The Morgan fingerprint density at radius 3 is 2.70 bits per heavy atom. The molecule has 3 aromatic rings. The molecular weight excluding hydrogens is 353 g/mol. The molecule has 2 aromatic heterocycles. The van der Waals surface area contributed by atoms with Crippen molar-refractivity contribution >= 4 is 40.4 Å². The summed E-state index contributed by atoms with van der Waals surface area (Å²) in [5.41, 5.74) is 1.38. The van der Waals surface area contributed by atoms with Crippen LogP contribution in [0.3, 0.4) is 0 Å². The minimum absolute atomic E-state index is 0.208. The summed E-state index contributed by atoms with van der Waals surface area (Å²) in [5.74, 6) is -0.208. The van der Waals surface area contributed by atoms with E-state index in [1.54, 1.807) is 34.2 Å². The molecule has 0 saturated heterocycles. The van der Waals surface area contributed by atoms with Gasteiger partial charge in [-0.3, -0.25) is 9.48 Å². The first-order valence-electron chi connectivity index (χ1n) is 6.93. The van der Waals surface area contributed by atoms with Gasteiger partial charge in [0.25, 0.3) is 5.91 Å².